The molecule has 2 heterocycles. The summed E-state index contributed by atoms with van der Waals surface area (Å²) in [4.78, 5) is 4.11. The molecule has 1 atom stereocenters. The summed E-state index contributed by atoms with van der Waals surface area (Å²) < 4.78 is 27.9. The first-order valence-corrected chi connectivity index (χ1v) is 7.54. The highest BCUT2D eigenvalue weighted by Gasteiger charge is 2.26. The lowest BCUT2D eigenvalue weighted by Crippen LogP contribution is -2.26. The van der Waals surface area contributed by atoms with Gasteiger partial charge in [-0.25, -0.2) is 8.42 Å². The molecule has 1 saturated heterocycles. The van der Waals surface area contributed by atoms with Gasteiger partial charge < -0.3 is 9.63 Å². The van der Waals surface area contributed by atoms with Gasteiger partial charge in [0.2, 0.25) is 5.89 Å². The van der Waals surface area contributed by atoms with Gasteiger partial charge in [0.1, 0.15) is 0 Å². The summed E-state index contributed by atoms with van der Waals surface area (Å²) in [6.07, 6.45) is 2.48. The van der Waals surface area contributed by atoms with Crippen LogP contribution >= 0.6 is 0 Å². The topological polar surface area (TPSA) is 93.3 Å². The molecule has 0 spiro atoms. The number of aliphatic hydroxyl groups is 1. The van der Waals surface area contributed by atoms with Gasteiger partial charge in [-0.1, -0.05) is 5.16 Å². The molecule has 1 aromatic rings. The Kier molecular flexibility index (Phi) is 3.78. The molecule has 0 aliphatic carbocycles. The Bertz CT molecular complexity index is 468. The SMILES string of the molecule is O=S1(=O)CCCC(Cc2nc(CCO)no2)C1. The van der Waals surface area contributed by atoms with E-state index in [1.165, 1.54) is 0 Å². The Balaban J connectivity index is 1.95. The van der Waals surface area contributed by atoms with Gasteiger partial charge in [0.05, 0.1) is 18.1 Å². The van der Waals surface area contributed by atoms with Crippen LogP contribution in [0.5, 0.6) is 0 Å². The molecule has 1 aliphatic heterocycles. The highest BCUT2D eigenvalue weighted by atomic mass is 32.2. The quantitative estimate of drug-likeness (QED) is 0.817. The fourth-order valence-electron chi connectivity index (χ4n) is 2.10. The smallest absolute Gasteiger partial charge is 0.226 e. The first kappa shape index (κ1) is 12.5. The largest absolute Gasteiger partial charge is 0.396 e. The molecule has 1 unspecified atom stereocenters. The van der Waals surface area contributed by atoms with Gasteiger partial charge in [-0.15, -0.1) is 0 Å². The number of nitrogens with zero attached hydrogens (tertiary/aromatic N) is 2. The van der Waals surface area contributed by atoms with Crippen molar-refractivity contribution in [3.8, 4) is 0 Å². The van der Waals surface area contributed by atoms with Crippen LogP contribution in [-0.2, 0) is 22.7 Å². The van der Waals surface area contributed by atoms with Crippen molar-refractivity contribution in [1.82, 2.24) is 10.1 Å². The van der Waals surface area contributed by atoms with Crippen LogP contribution in [0.1, 0.15) is 24.6 Å². The van der Waals surface area contributed by atoms with E-state index in [1.54, 1.807) is 0 Å². The number of sulfone groups is 1. The normalized spacial score (nSPS) is 23.7. The zero-order valence-corrected chi connectivity index (χ0v) is 10.3. The Labute approximate surface area is 99.9 Å². The predicted octanol–water partition coefficient (Wildman–Crippen LogP) is -0.0283. The van der Waals surface area contributed by atoms with Crippen LogP contribution in [0.4, 0.5) is 0 Å². The van der Waals surface area contributed by atoms with Crippen LogP contribution < -0.4 is 0 Å². The molecule has 0 radical (unpaired) electrons. The Morgan fingerprint density at radius 1 is 1.47 bits per heavy atom. The van der Waals surface area contributed by atoms with Crippen molar-refractivity contribution in [3.05, 3.63) is 11.7 Å². The summed E-state index contributed by atoms with van der Waals surface area (Å²) in [6.45, 7) is -0.0171. The first-order chi connectivity index (χ1) is 8.09. The molecule has 0 bridgehead atoms. The maximum absolute atomic E-state index is 11.5. The van der Waals surface area contributed by atoms with Crippen molar-refractivity contribution in [1.29, 1.82) is 0 Å². The Hall–Kier alpha value is -0.950. The van der Waals surface area contributed by atoms with Gasteiger partial charge in [0.15, 0.2) is 15.7 Å². The lowest BCUT2D eigenvalue weighted by Gasteiger charge is -2.19. The zero-order valence-electron chi connectivity index (χ0n) is 9.50. The van der Waals surface area contributed by atoms with Gasteiger partial charge in [-0.3, -0.25) is 0 Å². The second kappa shape index (κ2) is 5.14. The molecule has 1 aromatic heterocycles. The molecule has 7 heteroatoms. The van der Waals surface area contributed by atoms with Crippen molar-refractivity contribution in [2.75, 3.05) is 18.1 Å². The minimum atomic E-state index is -2.89. The molecule has 96 valence electrons. The molecule has 17 heavy (non-hydrogen) atoms. The van der Waals surface area contributed by atoms with E-state index in [4.69, 9.17) is 9.63 Å². The minimum Gasteiger partial charge on any atom is -0.396 e. The third-order valence-electron chi connectivity index (χ3n) is 2.87. The second-order valence-corrected chi connectivity index (χ2v) is 6.63. The highest BCUT2D eigenvalue weighted by Crippen LogP contribution is 2.21. The van der Waals surface area contributed by atoms with Gasteiger partial charge in [0, 0.05) is 12.8 Å². The monoisotopic (exact) mass is 260 g/mol. The molecular weight excluding hydrogens is 244 g/mol. The third-order valence-corrected chi connectivity index (χ3v) is 4.76. The molecule has 0 amide bonds. The molecule has 0 aromatic carbocycles. The van der Waals surface area contributed by atoms with E-state index in [9.17, 15) is 8.42 Å². The van der Waals surface area contributed by atoms with E-state index >= 15 is 0 Å². The second-order valence-electron chi connectivity index (χ2n) is 4.40. The number of aromatic nitrogens is 2. The predicted molar refractivity (Wildman–Crippen MR) is 60.2 cm³/mol. The average molecular weight is 260 g/mol. The standard InChI is InChI=1S/C10H16N2O4S/c13-4-3-9-11-10(16-12-9)6-8-2-1-5-17(14,15)7-8/h8,13H,1-7H2. The molecule has 6 nitrogen and oxygen atoms in total. The lowest BCUT2D eigenvalue weighted by atomic mass is 10.0. The molecule has 0 saturated carbocycles. The molecule has 1 aliphatic rings. The molecule has 2 rings (SSSR count). The fraction of sp³-hybridized carbons (Fsp3) is 0.800. The number of hydrogen-bond acceptors (Lipinski definition) is 6. The van der Waals surface area contributed by atoms with Crippen molar-refractivity contribution in [2.45, 2.75) is 25.7 Å². The maximum Gasteiger partial charge on any atom is 0.226 e. The number of hydrogen-bond donors (Lipinski definition) is 1. The van der Waals surface area contributed by atoms with E-state index in [-0.39, 0.29) is 18.3 Å². The number of aliphatic hydroxyl groups excluding tert-OH is 1. The summed E-state index contributed by atoms with van der Waals surface area (Å²) in [6, 6.07) is 0. The fourth-order valence-corrected chi connectivity index (χ4v) is 3.88. The lowest BCUT2D eigenvalue weighted by molar-refractivity contribution is 0.292. The zero-order chi connectivity index (χ0) is 12.3. The van der Waals surface area contributed by atoms with Gasteiger partial charge in [-0.2, -0.15) is 4.98 Å². The van der Waals surface area contributed by atoms with E-state index in [0.29, 0.717) is 36.7 Å². The van der Waals surface area contributed by atoms with E-state index in [1.807, 2.05) is 0 Å². The van der Waals surface area contributed by atoms with Crippen LogP contribution in [0.3, 0.4) is 0 Å². The van der Waals surface area contributed by atoms with E-state index < -0.39 is 9.84 Å². The summed E-state index contributed by atoms with van der Waals surface area (Å²) in [5.74, 6) is 1.53. The van der Waals surface area contributed by atoms with Crippen LogP contribution in [-0.4, -0.2) is 41.8 Å². The molecule has 1 fully saturated rings. The van der Waals surface area contributed by atoms with Gasteiger partial charge >= 0.3 is 0 Å². The highest BCUT2D eigenvalue weighted by molar-refractivity contribution is 7.91. The van der Waals surface area contributed by atoms with Crippen LogP contribution in [0.15, 0.2) is 4.52 Å². The van der Waals surface area contributed by atoms with Crippen molar-refractivity contribution in [2.24, 2.45) is 5.92 Å². The van der Waals surface area contributed by atoms with Crippen molar-refractivity contribution in [3.63, 3.8) is 0 Å². The average Bonchev–Trinajstić information content (AvgIpc) is 2.64. The molecule has 1 N–H and O–H groups in total. The summed E-state index contributed by atoms with van der Waals surface area (Å²) >= 11 is 0. The number of rotatable bonds is 4. The summed E-state index contributed by atoms with van der Waals surface area (Å²) in [5, 5.41) is 12.4. The minimum absolute atomic E-state index is 0.0171. The van der Waals surface area contributed by atoms with Crippen LogP contribution in [0.2, 0.25) is 0 Å². The van der Waals surface area contributed by atoms with E-state index in [2.05, 4.69) is 10.1 Å². The Morgan fingerprint density at radius 2 is 2.29 bits per heavy atom. The third kappa shape index (κ3) is 3.50. The maximum atomic E-state index is 11.5. The summed E-state index contributed by atoms with van der Waals surface area (Å²) in [7, 11) is -2.89. The van der Waals surface area contributed by atoms with E-state index in [0.717, 1.165) is 6.42 Å². The molecular formula is C10H16N2O4S. The van der Waals surface area contributed by atoms with Crippen LogP contribution in [0, 0.1) is 5.92 Å². The first-order valence-electron chi connectivity index (χ1n) is 5.72. The van der Waals surface area contributed by atoms with Gasteiger partial charge in [-0.05, 0) is 18.8 Å². The summed E-state index contributed by atoms with van der Waals surface area (Å²) in [5.41, 5.74) is 0. The van der Waals surface area contributed by atoms with Crippen molar-refractivity contribution >= 4 is 9.84 Å². The van der Waals surface area contributed by atoms with Gasteiger partial charge in [0.25, 0.3) is 0 Å². The Morgan fingerprint density at radius 3 is 3.00 bits per heavy atom. The van der Waals surface area contributed by atoms with Crippen LogP contribution in [0.25, 0.3) is 0 Å². The van der Waals surface area contributed by atoms with Crippen molar-refractivity contribution < 1.29 is 18.0 Å².